The first kappa shape index (κ1) is 18.6. The maximum atomic E-state index is 12.3. The molecule has 0 saturated heterocycles. The van der Waals surface area contributed by atoms with Gasteiger partial charge in [0, 0.05) is 17.8 Å². The molecule has 0 aliphatic rings. The standard InChI is InChI=1S/C23H24N2O2/c1-16(2)13-22(26)24-20-9-11-21(12-10-20)25-23(27)15-17-7-8-18-5-3-4-6-19(18)14-17/h3-12,14,16H,13,15H2,1-2H3,(H,24,26)(H,25,27). The van der Waals surface area contributed by atoms with Gasteiger partial charge in [0.25, 0.3) is 0 Å². The maximum Gasteiger partial charge on any atom is 0.228 e. The molecule has 0 spiro atoms. The highest BCUT2D eigenvalue weighted by Crippen LogP contribution is 2.18. The monoisotopic (exact) mass is 360 g/mol. The van der Waals surface area contributed by atoms with Crippen LogP contribution in [0.4, 0.5) is 11.4 Å². The predicted octanol–water partition coefficient (Wildman–Crippen LogP) is 5.01. The summed E-state index contributed by atoms with van der Waals surface area (Å²) in [5.74, 6) is 0.249. The molecule has 3 aromatic carbocycles. The SMILES string of the molecule is CC(C)CC(=O)Nc1ccc(NC(=O)Cc2ccc3ccccc3c2)cc1. The van der Waals surface area contributed by atoms with E-state index in [4.69, 9.17) is 0 Å². The summed E-state index contributed by atoms with van der Waals surface area (Å²) in [5, 5.41) is 8.05. The van der Waals surface area contributed by atoms with Gasteiger partial charge in [-0.05, 0) is 46.5 Å². The molecule has 2 amide bonds. The van der Waals surface area contributed by atoms with Crippen LogP contribution >= 0.6 is 0 Å². The highest BCUT2D eigenvalue weighted by atomic mass is 16.2. The largest absolute Gasteiger partial charge is 0.326 e. The highest BCUT2D eigenvalue weighted by molar-refractivity contribution is 5.94. The van der Waals surface area contributed by atoms with Crippen molar-refractivity contribution in [1.82, 2.24) is 0 Å². The second kappa shape index (κ2) is 8.49. The van der Waals surface area contributed by atoms with Crippen LogP contribution in [0.1, 0.15) is 25.8 Å². The van der Waals surface area contributed by atoms with Gasteiger partial charge in [-0.2, -0.15) is 0 Å². The van der Waals surface area contributed by atoms with Crippen molar-refractivity contribution in [3.63, 3.8) is 0 Å². The molecule has 4 nitrogen and oxygen atoms in total. The van der Waals surface area contributed by atoms with Gasteiger partial charge < -0.3 is 10.6 Å². The van der Waals surface area contributed by atoms with Crippen LogP contribution < -0.4 is 10.6 Å². The summed E-state index contributed by atoms with van der Waals surface area (Å²) in [6, 6.07) is 21.3. The van der Waals surface area contributed by atoms with E-state index in [0.29, 0.717) is 24.4 Å². The lowest BCUT2D eigenvalue weighted by Crippen LogP contribution is -2.15. The van der Waals surface area contributed by atoms with Gasteiger partial charge in [0.05, 0.1) is 6.42 Å². The van der Waals surface area contributed by atoms with Crippen molar-refractivity contribution >= 4 is 34.0 Å². The Hall–Kier alpha value is -3.14. The van der Waals surface area contributed by atoms with Crippen molar-refractivity contribution in [2.24, 2.45) is 5.92 Å². The summed E-state index contributed by atoms with van der Waals surface area (Å²) in [7, 11) is 0. The molecule has 2 N–H and O–H groups in total. The lowest BCUT2D eigenvalue weighted by molar-refractivity contribution is -0.117. The van der Waals surface area contributed by atoms with Crippen molar-refractivity contribution in [1.29, 1.82) is 0 Å². The maximum absolute atomic E-state index is 12.3. The van der Waals surface area contributed by atoms with Crippen molar-refractivity contribution in [3.05, 3.63) is 72.3 Å². The van der Waals surface area contributed by atoms with Gasteiger partial charge in [-0.25, -0.2) is 0 Å². The molecular weight excluding hydrogens is 336 g/mol. The molecule has 0 bridgehead atoms. The zero-order valence-corrected chi connectivity index (χ0v) is 15.7. The van der Waals surface area contributed by atoms with Gasteiger partial charge in [-0.15, -0.1) is 0 Å². The van der Waals surface area contributed by atoms with Gasteiger partial charge in [0.1, 0.15) is 0 Å². The summed E-state index contributed by atoms with van der Waals surface area (Å²) in [6.45, 7) is 4.02. The van der Waals surface area contributed by atoms with E-state index in [1.807, 2.05) is 50.2 Å². The van der Waals surface area contributed by atoms with Gasteiger partial charge in [-0.1, -0.05) is 56.3 Å². The average Bonchev–Trinajstić information content (AvgIpc) is 2.62. The Kier molecular flexibility index (Phi) is 5.87. The van der Waals surface area contributed by atoms with Crippen LogP contribution in [-0.4, -0.2) is 11.8 Å². The quantitative estimate of drug-likeness (QED) is 0.649. The summed E-state index contributed by atoms with van der Waals surface area (Å²) in [6.07, 6.45) is 0.807. The van der Waals surface area contributed by atoms with E-state index in [1.54, 1.807) is 24.3 Å². The molecule has 0 heterocycles. The number of benzene rings is 3. The molecule has 0 aromatic heterocycles. The van der Waals surface area contributed by atoms with Crippen LogP contribution in [0.5, 0.6) is 0 Å². The Balaban J connectivity index is 1.57. The second-order valence-corrected chi connectivity index (χ2v) is 7.13. The first-order valence-corrected chi connectivity index (χ1v) is 9.17. The van der Waals surface area contributed by atoms with Crippen molar-refractivity contribution < 1.29 is 9.59 Å². The van der Waals surface area contributed by atoms with E-state index in [9.17, 15) is 9.59 Å². The van der Waals surface area contributed by atoms with Crippen LogP contribution in [-0.2, 0) is 16.0 Å². The summed E-state index contributed by atoms with van der Waals surface area (Å²) >= 11 is 0. The Labute approximate surface area is 159 Å². The zero-order valence-electron chi connectivity index (χ0n) is 15.7. The number of amides is 2. The first-order valence-electron chi connectivity index (χ1n) is 9.17. The Morgan fingerprint density at radius 2 is 1.37 bits per heavy atom. The minimum atomic E-state index is -0.0677. The van der Waals surface area contributed by atoms with Crippen molar-refractivity contribution in [2.45, 2.75) is 26.7 Å². The predicted molar refractivity (Wildman–Crippen MR) is 111 cm³/mol. The van der Waals surface area contributed by atoms with Gasteiger partial charge in [0.15, 0.2) is 0 Å². The highest BCUT2D eigenvalue weighted by Gasteiger charge is 2.07. The van der Waals surface area contributed by atoms with E-state index >= 15 is 0 Å². The van der Waals surface area contributed by atoms with E-state index in [-0.39, 0.29) is 11.8 Å². The summed E-state index contributed by atoms with van der Waals surface area (Å²) in [5.41, 5.74) is 2.42. The Bertz CT molecular complexity index is 946. The van der Waals surface area contributed by atoms with Gasteiger partial charge >= 0.3 is 0 Å². The minimum absolute atomic E-state index is 0.00177. The van der Waals surface area contributed by atoms with Crippen LogP contribution in [0.25, 0.3) is 10.8 Å². The number of nitrogens with one attached hydrogen (secondary N) is 2. The van der Waals surface area contributed by atoms with E-state index in [2.05, 4.69) is 16.7 Å². The van der Waals surface area contributed by atoms with Crippen molar-refractivity contribution in [2.75, 3.05) is 10.6 Å². The second-order valence-electron chi connectivity index (χ2n) is 7.13. The number of carbonyl (C=O) groups excluding carboxylic acids is 2. The molecule has 0 aliphatic heterocycles. The molecule has 3 aromatic rings. The summed E-state index contributed by atoms with van der Waals surface area (Å²) in [4.78, 5) is 24.1. The van der Waals surface area contributed by atoms with Crippen LogP contribution in [0, 0.1) is 5.92 Å². The normalized spacial score (nSPS) is 10.8. The van der Waals surface area contributed by atoms with Crippen LogP contribution in [0.15, 0.2) is 66.7 Å². The molecule has 0 radical (unpaired) electrons. The number of carbonyl (C=O) groups is 2. The van der Waals surface area contributed by atoms with E-state index in [1.165, 1.54) is 0 Å². The van der Waals surface area contributed by atoms with Crippen molar-refractivity contribution in [3.8, 4) is 0 Å². The molecular formula is C23H24N2O2. The van der Waals surface area contributed by atoms with Crippen LogP contribution in [0.2, 0.25) is 0 Å². The molecule has 27 heavy (non-hydrogen) atoms. The fraction of sp³-hybridized carbons (Fsp3) is 0.217. The zero-order chi connectivity index (χ0) is 19.2. The first-order chi connectivity index (χ1) is 13.0. The lowest BCUT2D eigenvalue weighted by atomic mass is 10.0. The molecule has 138 valence electrons. The van der Waals surface area contributed by atoms with E-state index < -0.39 is 0 Å². The third kappa shape index (κ3) is 5.42. The molecule has 0 atom stereocenters. The Morgan fingerprint density at radius 1 is 0.778 bits per heavy atom. The fourth-order valence-electron chi connectivity index (χ4n) is 2.96. The molecule has 0 unspecified atom stereocenters. The smallest absolute Gasteiger partial charge is 0.228 e. The summed E-state index contributed by atoms with van der Waals surface area (Å²) < 4.78 is 0. The fourth-order valence-corrected chi connectivity index (χ4v) is 2.96. The number of rotatable bonds is 6. The van der Waals surface area contributed by atoms with Crippen LogP contribution in [0.3, 0.4) is 0 Å². The topological polar surface area (TPSA) is 58.2 Å². The average molecular weight is 360 g/mol. The molecule has 0 saturated carbocycles. The number of hydrogen-bond acceptors (Lipinski definition) is 2. The number of hydrogen-bond donors (Lipinski definition) is 2. The number of anilines is 2. The molecule has 4 heteroatoms. The molecule has 0 aliphatic carbocycles. The third-order valence-electron chi connectivity index (χ3n) is 4.22. The molecule has 3 rings (SSSR count). The molecule has 0 fully saturated rings. The van der Waals surface area contributed by atoms with E-state index in [0.717, 1.165) is 22.0 Å². The Morgan fingerprint density at radius 3 is 2.00 bits per heavy atom. The van der Waals surface area contributed by atoms with Gasteiger partial charge in [0.2, 0.25) is 11.8 Å². The number of fused-ring (bicyclic) bond motifs is 1. The lowest BCUT2D eigenvalue weighted by Gasteiger charge is -2.09. The third-order valence-corrected chi connectivity index (χ3v) is 4.22. The minimum Gasteiger partial charge on any atom is -0.326 e. The van der Waals surface area contributed by atoms with Gasteiger partial charge in [-0.3, -0.25) is 9.59 Å².